The zero-order chi connectivity index (χ0) is 22.1. The molecule has 31 heavy (non-hydrogen) atoms. The van der Waals surface area contributed by atoms with Crippen LogP contribution in [0.2, 0.25) is 0 Å². The minimum atomic E-state index is -0.400. The van der Waals surface area contributed by atoms with Gasteiger partial charge in [0.25, 0.3) is 5.69 Å². The highest BCUT2D eigenvalue weighted by atomic mass is 16.6. The Kier molecular flexibility index (Phi) is 8.19. The Hall–Kier alpha value is -3.17. The Morgan fingerprint density at radius 2 is 1.84 bits per heavy atom. The van der Waals surface area contributed by atoms with Crippen LogP contribution >= 0.6 is 0 Å². The topological polar surface area (TPSA) is 101 Å². The molecule has 2 aromatic rings. The van der Waals surface area contributed by atoms with Gasteiger partial charge in [-0.15, -0.1) is 0 Å². The Balaban J connectivity index is 1.61. The van der Waals surface area contributed by atoms with Crippen LogP contribution in [-0.4, -0.2) is 62.8 Å². The molecule has 2 aromatic carbocycles. The summed E-state index contributed by atoms with van der Waals surface area (Å²) >= 11 is 0. The standard InChI is InChI=1S/C22H29N5O4/c1-23-22(24-15-17-3-7-19(8-4-17)27(28)29)25-16-21(26-11-13-31-14-12-26)18-5-9-20(30-2)10-6-18/h3-10,21H,11-16H2,1-2H3,(H2,23,24,25). The van der Waals surface area contributed by atoms with Crippen molar-refractivity contribution in [1.82, 2.24) is 15.5 Å². The highest BCUT2D eigenvalue weighted by Gasteiger charge is 2.23. The van der Waals surface area contributed by atoms with Gasteiger partial charge in [0.2, 0.25) is 0 Å². The summed E-state index contributed by atoms with van der Waals surface area (Å²) in [7, 11) is 3.39. The summed E-state index contributed by atoms with van der Waals surface area (Å²) in [4.78, 5) is 17.1. The second kappa shape index (κ2) is 11.3. The van der Waals surface area contributed by atoms with Gasteiger partial charge in [0, 0.05) is 45.4 Å². The average Bonchev–Trinajstić information content (AvgIpc) is 2.82. The highest BCUT2D eigenvalue weighted by Crippen LogP contribution is 2.23. The monoisotopic (exact) mass is 427 g/mol. The number of aliphatic imine (C=N–C) groups is 1. The Labute approximate surface area is 182 Å². The SMILES string of the molecule is CN=C(NCc1ccc([N+](=O)[O-])cc1)NCC(c1ccc(OC)cc1)N1CCOCC1. The maximum atomic E-state index is 10.8. The van der Waals surface area contributed by atoms with E-state index in [4.69, 9.17) is 9.47 Å². The molecule has 1 fully saturated rings. The van der Waals surface area contributed by atoms with E-state index < -0.39 is 4.92 Å². The van der Waals surface area contributed by atoms with Crippen molar-refractivity contribution in [3.05, 3.63) is 69.8 Å². The van der Waals surface area contributed by atoms with E-state index in [1.807, 2.05) is 12.1 Å². The maximum absolute atomic E-state index is 10.8. The molecular formula is C22H29N5O4. The van der Waals surface area contributed by atoms with E-state index in [9.17, 15) is 10.1 Å². The molecule has 0 aromatic heterocycles. The molecule has 9 nitrogen and oxygen atoms in total. The van der Waals surface area contributed by atoms with Gasteiger partial charge < -0.3 is 20.1 Å². The first-order valence-corrected chi connectivity index (χ1v) is 10.2. The van der Waals surface area contributed by atoms with E-state index in [0.717, 1.165) is 37.6 Å². The Bertz CT molecular complexity index is 864. The van der Waals surface area contributed by atoms with Crippen LogP contribution in [0.4, 0.5) is 5.69 Å². The van der Waals surface area contributed by atoms with Crippen LogP contribution in [0.25, 0.3) is 0 Å². The first-order valence-electron chi connectivity index (χ1n) is 10.2. The third-order valence-corrected chi connectivity index (χ3v) is 5.28. The molecule has 9 heteroatoms. The predicted octanol–water partition coefficient (Wildman–Crippen LogP) is 2.34. The van der Waals surface area contributed by atoms with Crippen molar-refractivity contribution in [1.29, 1.82) is 0 Å². The number of benzene rings is 2. The predicted molar refractivity (Wildman–Crippen MR) is 119 cm³/mol. The van der Waals surface area contributed by atoms with Gasteiger partial charge in [-0.1, -0.05) is 24.3 Å². The van der Waals surface area contributed by atoms with Crippen LogP contribution in [0.15, 0.2) is 53.5 Å². The van der Waals surface area contributed by atoms with E-state index in [1.54, 1.807) is 26.3 Å². The van der Waals surface area contributed by atoms with Crippen LogP contribution in [0.1, 0.15) is 17.2 Å². The summed E-state index contributed by atoms with van der Waals surface area (Å²) in [6.07, 6.45) is 0. The molecule has 0 amide bonds. The number of nitro groups is 1. The fraction of sp³-hybridized carbons (Fsp3) is 0.409. The minimum Gasteiger partial charge on any atom is -0.497 e. The molecule has 1 unspecified atom stereocenters. The van der Waals surface area contributed by atoms with Gasteiger partial charge in [-0.05, 0) is 23.3 Å². The number of morpholine rings is 1. The molecule has 1 atom stereocenters. The number of ether oxygens (including phenoxy) is 2. The number of nitrogens with one attached hydrogen (secondary N) is 2. The number of guanidine groups is 1. The summed E-state index contributed by atoms with van der Waals surface area (Å²) in [6, 6.07) is 14.8. The molecule has 0 bridgehead atoms. The van der Waals surface area contributed by atoms with E-state index in [-0.39, 0.29) is 11.7 Å². The van der Waals surface area contributed by atoms with Crippen molar-refractivity contribution in [2.24, 2.45) is 4.99 Å². The largest absolute Gasteiger partial charge is 0.497 e. The molecule has 0 aliphatic carbocycles. The second-order valence-electron chi connectivity index (χ2n) is 7.17. The van der Waals surface area contributed by atoms with Gasteiger partial charge in [-0.25, -0.2) is 0 Å². The summed E-state index contributed by atoms with van der Waals surface area (Å²) < 4.78 is 10.8. The van der Waals surface area contributed by atoms with Crippen LogP contribution in [0, 0.1) is 10.1 Å². The zero-order valence-corrected chi connectivity index (χ0v) is 17.9. The molecule has 0 spiro atoms. The van der Waals surface area contributed by atoms with Crippen LogP contribution in [0.5, 0.6) is 5.75 Å². The minimum absolute atomic E-state index is 0.0825. The Morgan fingerprint density at radius 3 is 2.42 bits per heavy atom. The van der Waals surface area contributed by atoms with Gasteiger partial charge in [0.15, 0.2) is 5.96 Å². The number of methoxy groups -OCH3 is 1. The Morgan fingerprint density at radius 1 is 1.16 bits per heavy atom. The first kappa shape index (κ1) is 22.5. The smallest absolute Gasteiger partial charge is 0.269 e. The molecule has 2 N–H and O–H groups in total. The van der Waals surface area contributed by atoms with Gasteiger partial charge in [-0.3, -0.25) is 20.0 Å². The molecular weight excluding hydrogens is 398 g/mol. The third kappa shape index (κ3) is 6.40. The van der Waals surface area contributed by atoms with E-state index >= 15 is 0 Å². The first-order chi connectivity index (χ1) is 15.1. The fourth-order valence-electron chi connectivity index (χ4n) is 3.51. The second-order valence-corrected chi connectivity index (χ2v) is 7.17. The number of rotatable bonds is 8. The van der Waals surface area contributed by atoms with Crippen molar-refractivity contribution in [2.75, 3.05) is 47.0 Å². The van der Waals surface area contributed by atoms with Gasteiger partial charge in [0.1, 0.15) is 5.75 Å². The van der Waals surface area contributed by atoms with E-state index in [2.05, 4.69) is 32.7 Å². The summed E-state index contributed by atoms with van der Waals surface area (Å²) in [6.45, 7) is 4.37. The fourth-order valence-corrected chi connectivity index (χ4v) is 3.51. The number of hydrogen-bond acceptors (Lipinski definition) is 6. The van der Waals surface area contributed by atoms with E-state index in [1.165, 1.54) is 17.7 Å². The molecule has 166 valence electrons. The lowest BCUT2D eigenvalue weighted by Gasteiger charge is -2.35. The average molecular weight is 428 g/mol. The molecule has 0 radical (unpaired) electrons. The van der Waals surface area contributed by atoms with Crippen LogP contribution < -0.4 is 15.4 Å². The third-order valence-electron chi connectivity index (χ3n) is 5.28. The van der Waals surface area contributed by atoms with Crippen molar-refractivity contribution >= 4 is 11.6 Å². The molecule has 0 saturated carbocycles. The number of nitro benzene ring substituents is 1. The quantitative estimate of drug-likeness (QED) is 0.289. The van der Waals surface area contributed by atoms with E-state index in [0.29, 0.717) is 19.0 Å². The maximum Gasteiger partial charge on any atom is 0.269 e. The number of hydrogen-bond donors (Lipinski definition) is 2. The van der Waals surface area contributed by atoms with Gasteiger partial charge in [-0.2, -0.15) is 0 Å². The zero-order valence-electron chi connectivity index (χ0n) is 17.9. The van der Waals surface area contributed by atoms with Crippen LogP contribution in [-0.2, 0) is 11.3 Å². The number of nitrogens with zero attached hydrogens (tertiary/aromatic N) is 3. The lowest BCUT2D eigenvalue weighted by atomic mass is 10.0. The van der Waals surface area contributed by atoms with Gasteiger partial charge >= 0.3 is 0 Å². The lowest BCUT2D eigenvalue weighted by molar-refractivity contribution is -0.384. The normalized spacial score (nSPS) is 15.9. The van der Waals surface area contributed by atoms with Crippen molar-refractivity contribution in [3.63, 3.8) is 0 Å². The molecule has 1 aliphatic heterocycles. The van der Waals surface area contributed by atoms with Crippen LogP contribution in [0.3, 0.4) is 0 Å². The summed E-state index contributed by atoms with van der Waals surface area (Å²) in [5.74, 6) is 1.50. The molecule has 1 heterocycles. The van der Waals surface area contributed by atoms with Crippen molar-refractivity contribution in [2.45, 2.75) is 12.6 Å². The molecule has 1 saturated heterocycles. The van der Waals surface area contributed by atoms with Crippen molar-refractivity contribution in [3.8, 4) is 5.75 Å². The summed E-state index contributed by atoms with van der Waals surface area (Å²) in [5.41, 5.74) is 2.22. The molecule has 1 aliphatic rings. The number of non-ortho nitro benzene ring substituents is 1. The molecule has 3 rings (SSSR count). The highest BCUT2D eigenvalue weighted by molar-refractivity contribution is 5.79. The van der Waals surface area contributed by atoms with Crippen molar-refractivity contribution < 1.29 is 14.4 Å². The summed E-state index contributed by atoms with van der Waals surface area (Å²) in [5, 5.41) is 17.5. The van der Waals surface area contributed by atoms with Gasteiger partial charge in [0.05, 0.1) is 31.3 Å². The lowest BCUT2D eigenvalue weighted by Crippen LogP contribution is -2.46.